The molecule has 94 valence electrons. The van der Waals surface area contributed by atoms with Crippen LogP contribution in [0.25, 0.3) is 0 Å². The van der Waals surface area contributed by atoms with E-state index in [-0.39, 0.29) is 5.69 Å². The minimum Gasteiger partial charge on any atom is -0.379 e. The van der Waals surface area contributed by atoms with Crippen LogP contribution in [0, 0.1) is 11.6 Å². The average Bonchev–Trinajstić information content (AvgIpc) is 2.34. The average molecular weight is 242 g/mol. The van der Waals surface area contributed by atoms with E-state index in [2.05, 4.69) is 10.2 Å². The smallest absolute Gasteiger partial charge is 0.149 e. The van der Waals surface area contributed by atoms with Crippen LogP contribution in [0.1, 0.15) is 0 Å². The highest BCUT2D eigenvalue weighted by atomic mass is 19.1. The minimum absolute atomic E-state index is 0.0410. The molecule has 0 amide bonds. The van der Waals surface area contributed by atoms with Crippen molar-refractivity contribution in [3.8, 4) is 0 Å². The highest BCUT2D eigenvalue weighted by Crippen LogP contribution is 2.17. The van der Waals surface area contributed by atoms with Crippen LogP contribution in [0.5, 0.6) is 0 Å². The molecule has 1 saturated heterocycles. The van der Waals surface area contributed by atoms with Gasteiger partial charge in [-0.25, -0.2) is 8.78 Å². The lowest BCUT2D eigenvalue weighted by atomic mass is 10.3. The first-order chi connectivity index (χ1) is 8.27. The number of ether oxygens (including phenoxy) is 1. The van der Waals surface area contributed by atoms with E-state index in [0.29, 0.717) is 6.54 Å². The third kappa shape index (κ3) is 3.38. The Kier molecular flexibility index (Phi) is 4.28. The summed E-state index contributed by atoms with van der Waals surface area (Å²) in [6, 6.07) is 3.86. The summed E-state index contributed by atoms with van der Waals surface area (Å²) >= 11 is 0. The van der Waals surface area contributed by atoms with E-state index in [4.69, 9.17) is 4.74 Å². The summed E-state index contributed by atoms with van der Waals surface area (Å²) in [6.45, 7) is 4.50. The van der Waals surface area contributed by atoms with Crippen molar-refractivity contribution in [3.63, 3.8) is 0 Å². The molecule has 0 bridgehead atoms. The Balaban J connectivity index is 1.81. The van der Waals surface area contributed by atoms with E-state index in [1.165, 1.54) is 18.2 Å². The molecular formula is C12H16F2N2O. The van der Waals surface area contributed by atoms with E-state index >= 15 is 0 Å². The lowest BCUT2D eigenvalue weighted by molar-refractivity contribution is 0.0398. The number of halogens is 2. The van der Waals surface area contributed by atoms with Crippen molar-refractivity contribution < 1.29 is 13.5 Å². The molecule has 0 radical (unpaired) electrons. The minimum atomic E-state index is -0.549. The van der Waals surface area contributed by atoms with Gasteiger partial charge in [0, 0.05) is 26.2 Å². The van der Waals surface area contributed by atoms with Gasteiger partial charge in [0.25, 0.3) is 0 Å². The fourth-order valence-corrected chi connectivity index (χ4v) is 1.83. The van der Waals surface area contributed by atoms with Crippen molar-refractivity contribution in [1.29, 1.82) is 0 Å². The monoisotopic (exact) mass is 242 g/mol. The second-order valence-electron chi connectivity index (χ2n) is 3.98. The molecule has 0 aliphatic carbocycles. The van der Waals surface area contributed by atoms with Gasteiger partial charge in [-0.15, -0.1) is 0 Å². The largest absolute Gasteiger partial charge is 0.379 e. The van der Waals surface area contributed by atoms with Crippen molar-refractivity contribution >= 4 is 5.69 Å². The normalized spacial score (nSPS) is 17.1. The molecular weight excluding hydrogens is 226 g/mol. The Morgan fingerprint density at radius 1 is 1.18 bits per heavy atom. The standard InChI is InChI=1S/C12H16F2N2O/c13-10-2-1-3-11(14)12(10)15-4-5-16-6-8-17-9-7-16/h1-3,15H,4-9H2. The number of benzene rings is 1. The maximum atomic E-state index is 13.3. The van der Waals surface area contributed by atoms with E-state index < -0.39 is 11.6 Å². The highest BCUT2D eigenvalue weighted by molar-refractivity contribution is 5.45. The summed E-state index contributed by atoms with van der Waals surface area (Å²) in [6.07, 6.45) is 0. The van der Waals surface area contributed by atoms with Gasteiger partial charge in [0.1, 0.15) is 17.3 Å². The van der Waals surface area contributed by atoms with E-state index in [1.54, 1.807) is 0 Å². The third-order valence-corrected chi connectivity index (χ3v) is 2.80. The molecule has 1 heterocycles. The van der Waals surface area contributed by atoms with Crippen LogP contribution in [0.15, 0.2) is 18.2 Å². The molecule has 17 heavy (non-hydrogen) atoms. The van der Waals surface area contributed by atoms with Gasteiger partial charge >= 0.3 is 0 Å². The number of nitrogens with zero attached hydrogens (tertiary/aromatic N) is 1. The quantitative estimate of drug-likeness (QED) is 0.870. The maximum Gasteiger partial charge on any atom is 0.149 e. The second-order valence-corrected chi connectivity index (χ2v) is 3.98. The number of para-hydroxylation sites is 1. The van der Waals surface area contributed by atoms with E-state index in [0.717, 1.165) is 32.8 Å². The summed E-state index contributed by atoms with van der Waals surface area (Å²) in [5.41, 5.74) is -0.0410. The molecule has 0 aromatic heterocycles. The predicted molar refractivity (Wildman–Crippen MR) is 62.1 cm³/mol. The predicted octanol–water partition coefficient (Wildman–Crippen LogP) is 1.71. The van der Waals surface area contributed by atoms with Crippen LogP contribution in [0.4, 0.5) is 14.5 Å². The van der Waals surface area contributed by atoms with Gasteiger partial charge in [-0.3, -0.25) is 4.90 Å². The zero-order valence-electron chi connectivity index (χ0n) is 9.59. The Morgan fingerprint density at radius 3 is 2.47 bits per heavy atom. The van der Waals surface area contributed by atoms with Crippen molar-refractivity contribution in [2.45, 2.75) is 0 Å². The molecule has 1 fully saturated rings. The Hall–Kier alpha value is -1.20. The number of rotatable bonds is 4. The SMILES string of the molecule is Fc1cccc(F)c1NCCN1CCOCC1. The molecule has 1 N–H and O–H groups in total. The number of hydrogen-bond donors (Lipinski definition) is 1. The van der Waals surface area contributed by atoms with Crippen LogP contribution < -0.4 is 5.32 Å². The zero-order chi connectivity index (χ0) is 12.1. The molecule has 0 saturated carbocycles. The van der Waals surface area contributed by atoms with Crippen LogP contribution in [-0.2, 0) is 4.74 Å². The molecule has 0 unspecified atom stereocenters. The summed E-state index contributed by atoms with van der Waals surface area (Å²) < 4.78 is 31.8. The Bertz CT molecular complexity index is 347. The van der Waals surface area contributed by atoms with Crippen LogP contribution >= 0.6 is 0 Å². The molecule has 5 heteroatoms. The lowest BCUT2D eigenvalue weighted by Gasteiger charge is -2.26. The fourth-order valence-electron chi connectivity index (χ4n) is 1.83. The summed E-state index contributed by atoms with van der Waals surface area (Å²) in [5, 5.41) is 2.80. The van der Waals surface area contributed by atoms with Gasteiger partial charge in [0.2, 0.25) is 0 Å². The van der Waals surface area contributed by atoms with Gasteiger partial charge < -0.3 is 10.1 Å². The Morgan fingerprint density at radius 2 is 1.82 bits per heavy atom. The molecule has 1 aliphatic heterocycles. The first-order valence-corrected chi connectivity index (χ1v) is 5.75. The lowest BCUT2D eigenvalue weighted by Crippen LogP contribution is -2.39. The van der Waals surface area contributed by atoms with Crippen LogP contribution in [0.2, 0.25) is 0 Å². The maximum absolute atomic E-state index is 13.3. The third-order valence-electron chi connectivity index (χ3n) is 2.80. The first kappa shape index (κ1) is 12.3. The van der Waals surface area contributed by atoms with Crippen molar-refractivity contribution in [3.05, 3.63) is 29.8 Å². The topological polar surface area (TPSA) is 24.5 Å². The number of anilines is 1. The number of nitrogens with one attached hydrogen (secondary N) is 1. The van der Waals surface area contributed by atoms with Crippen molar-refractivity contribution in [1.82, 2.24) is 4.90 Å². The van der Waals surface area contributed by atoms with Crippen molar-refractivity contribution in [2.24, 2.45) is 0 Å². The van der Waals surface area contributed by atoms with Crippen LogP contribution in [0.3, 0.4) is 0 Å². The fraction of sp³-hybridized carbons (Fsp3) is 0.500. The number of hydrogen-bond acceptors (Lipinski definition) is 3. The van der Waals surface area contributed by atoms with Gasteiger partial charge in [-0.05, 0) is 12.1 Å². The summed E-state index contributed by atoms with van der Waals surface area (Å²) in [7, 11) is 0. The Labute approximate surface area is 99.4 Å². The molecule has 1 aromatic carbocycles. The number of morpholine rings is 1. The molecule has 0 atom stereocenters. The molecule has 2 rings (SSSR count). The summed E-state index contributed by atoms with van der Waals surface area (Å²) in [5.74, 6) is -1.10. The second kappa shape index (κ2) is 5.93. The highest BCUT2D eigenvalue weighted by Gasteiger charge is 2.11. The van der Waals surface area contributed by atoms with Gasteiger partial charge in [-0.2, -0.15) is 0 Å². The van der Waals surface area contributed by atoms with Gasteiger partial charge in [-0.1, -0.05) is 6.07 Å². The van der Waals surface area contributed by atoms with Gasteiger partial charge in [0.15, 0.2) is 0 Å². The zero-order valence-corrected chi connectivity index (χ0v) is 9.59. The van der Waals surface area contributed by atoms with Gasteiger partial charge in [0.05, 0.1) is 13.2 Å². The molecule has 1 aliphatic rings. The van der Waals surface area contributed by atoms with Crippen molar-refractivity contribution in [2.75, 3.05) is 44.7 Å². The molecule has 3 nitrogen and oxygen atoms in total. The van der Waals surface area contributed by atoms with Crippen LogP contribution in [-0.4, -0.2) is 44.3 Å². The first-order valence-electron chi connectivity index (χ1n) is 5.75. The van der Waals surface area contributed by atoms with E-state index in [9.17, 15) is 8.78 Å². The molecule has 1 aromatic rings. The van der Waals surface area contributed by atoms with E-state index in [1.807, 2.05) is 0 Å². The molecule has 0 spiro atoms. The summed E-state index contributed by atoms with van der Waals surface area (Å²) in [4.78, 5) is 2.20.